The monoisotopic (exact) mass is 457 g/mol. The van der Waals surface area contributed by atoms with Crippen molar-refractivity contribution < 1.29 is 9.47 Å². The Morgan fingerprint density at radius 1 is 1.16 bits per heavy atom. The molecule has 0 atom stereocenters. The van der Waals surface area contributed by atoms with Crippen molar-refractivity contribution in [2.24, 2.45) is 4.99 Å². The van der Waals surface area contributed by atoms with Crippen LogP contribution in [0, 0.1) is 0 Å². The van der Waals surface area contributed by atoms with E-state index in [1.807, 2.05) is 18.5 Å². The topological polar surface area (TPSA) is 77.3 Å². The number of fused-ring (bicyclic) bond motifs is 1. The lowest BCUT2D eigenvalue weighted by Gasteiger charge is -2.16. The zero-order valence-electron chi connectivity index (χ0n) is 18.8. The number of imidazole rings is 1. The number of aryl methyl sites for hydroxylation is 1. The van der Waals surface area contributed by atoms with Gasteiger partial charge in [-0.25, -0.2) is 9.97 Å². The lowest BCUT2D eigenvalue weighted by Crippen LogP contribution is -2.15. The predicted molar refractivity (Wildman–Crippen MR) is 127 cm³/mol. The van der Waals surface area contributed by atoms with E-state index in [1.165, 1.54) is 25.7 Å². The Morgan fingerprint density at radius 2 is 1.97 bits per heavy atom. The molecule has 2 heterocycles. The van der Waals surface area contributed by atoms with Crippen molar-refractivity contribution in [3.63, 3.8) is 0 Å². The van der Waals surface area contributed by atoms with E-state index in [0.29, 0.717) is 12.5 Å². The van der Waals surface area contributed by atoms with E-state index in [0.717, 1.165) is 65.3 Å². The second-order valence-electron chi connectivity index (χ2n) is 8.68. The zero-order valence-corrected chi connectivity index (χ0v) is 19.7. The van der Waals surface area contributed by atoms with E-state index in [9.17, 15) is 0 Å². The van der Waals surface area contributed by atoms with Crippen LogP contribution in [0.1, 0.15) is 69.2 Å². The second kappa shape index (κ2) is 9.94. The molecule has 0 bridgehead atoms. The molecule has 0 amide bonds. The van der Waals surface area contributed by atoms with Crippen molar-refractivity contribution >= 4 is 23.6 Å². The average molecular weight is 458 g/mol. The molecule has 2 aromatic heterocycles. The van der Waals surface area contributed by atoms with Gasteiger partial charge in [-0.1, -0.05) is 13.0 Å². The number of nitrogens with one attached hydrogen (secondary N) is 1. The van der Waals surface area contributed by atoms with Gasteiger partial charge in [-0.3, -0.25) is 4.99 Å². The highest BCUT2D eigenvalue weighted by molar-refractivity contribution is 5.85. The third-order valence-corrected chi connectivity index (χ3v) is 6.18. The summed E-state index contributed by atoms with van der Waals surface area (Å²) in [5.74, 6) is 3.22. The van der Waals surface area contributed by atoms with Crippen LogP contribution < -0.4 is 15.0 Å². The molecule has 0 radical (unpaired) electrons. The first-order valence-electron chi connectivity index (χ1n) is 11.5. The molecule has 172 valence electrons. The third kappa shape index (κ3) is 4.77. The van der Waals surface area contributed by atoms with Crippen LogP contribution in [0.15, 0.2) is 29.5 Å². The normalized spacial score (nSPS) is 17.0. The summed E-state index contributed by atoms with van der Waals surface area (Å²) in [4.78, 5) is 17.9. The number of aromatic nitrogens is 4. The molecule has 0 spiro atoms. The summed E-state index contributed by atoms with van der Waals surface area (Å²) in [7, 11) is 1.69. The molecule has 1 N–H and O–H groups in total. The Morgan fingerprint density at radius 3 is 2.69 bits per heavy atom. The largest absolute Gasteiger partial charge is 0.493 e. The van der Waals surface area contributed by atoms with E-state index in [2.05, 4.69) is 27.5 Å². The van der Waals surface area contributed by atoms with Gasteiger partial charge in [0, 0.05) is 12.5 Å². The van der Waals surface area contributed by atoms with E-state index in [1.54, 1.807) is 7.11 Å². The van der Waals surface area contributed by atoms with Crippen LogP contribution in [0.2, 0.25) is 0 Å². The quantitative estimate of drug-likeness (QED) is 0.521. The van der Waals surface area contributed by atoms with Gasteiger partial charge in [0.25, 0.3) is 0 Å². The van der Waals surface area contributed by atoms with Crippen LogP contribution in [0.25, 0.3) is 11.2 Å². The molecule has 0 saturated heterocycles. The number of methoxy groups -OCH3 is 1. The van der Waals surface area contributed by atoms with Gasteiger partial charge in [0.2, 0.25) is 0 Å². The number of ether oxygens (including phenoxy) is 2. The molecular formula is C24H32ClN5O2. The van der Waals surface area contributed by atoms with Crippen LogP contribution in [0.3, 0.4) is 0 Å². The summed E-state index contributed by atoms with van der Waals surface area (Å²) in [6, 6.07) is 6.07. The van der Waals surface area contributed by atoms with Crippen molar-refractivity contribution in [1.82, 2.24) is 19.5 Å². The number of hydrogen-bond acceptors (Lipinski definition) is 5. The van der Waals surface area contributed by atoms with Crippen molar-refractivity contribution in [3.8, 4) is 11.5 Å². The van der Waals surface area contributed by atoms with Gasteiger partial charge in [0.15, 0.2) is 22.6 Å². The Balaban J connectivity index is 0.00000245. The van der Waals surface area contributed by atoms with Crippen molar-refractivity contribution in [3.05, 3.63) is 41.4 Å². The van der Waals surface area contributed by atoms with Crippen LogP contribution in [-0.4, -0.2) is 32.7 Å². The molecule has 2 aliphatic carbocycles. The van der Waals surface area contributed by atoms with Crippen LogP contribution in [0.5, 0.6) is 11.5 Å². The number of H-pyrrole nitrogens is 1. The summed E-state index contributed by atoms with van der Waals surface area (Å²) in [6.45, 7) is 3.60. The molecule has 2 saturated carbocycles. The summed E-state index contributed by atoms with van der Waals surface area (Å²) >= 11 is 0. The minimum absolute atomic E-state index is 0. The minimum atomic E-state index is 0. The Labute approximate surface area is 194 Å². The highest BCUT2D eigenvalue weighted by Gasteiger charge is 2.27. The number of aromatic amines is 1. The third-order valence-electron chi connectivity index (χ3n) is 6.18. The number of halogens is 1. The van der Waals surface area contributed by atoms with Crippen molar-refractivity contribution in [2.45, 2.75) is 77.0 Å². The Hall–Kier alpha value is -2.54. The Kier molecular flexibility index (Phi) is 7.04. The first-order valence-corrected chi connectivity index (χ1v) is 11.5. The fourth-order valence-electron chi connectivity index (χ4n) is 4.33. The summed E-state index contributed by atoms with van der Waals surface area (Å²) < 4.78 is 13.9. The molecule has 5 rings (SSSR count). The van der Waals surface area contributed by atoms with Crippen LogP contribution in [-0.2, 0) is 13.1 Å². The summed E-state index contributed by atoms with van der Waals surface area (Å²) in [5, 5.41) is 0. The van der Waals surface area contributed by atoms with Crippen molar-refractivity contribution in [2.75, 3.05) is 7.11 Å². The second-order valence-corrected chi connectivity index (χ2v) is 8.68. The standard InChI is InChI=1S/C24H31N5O2.ClH/c1-3-12-29-15-26-23(21-24(29)28-22(27-21)17-9-10-17)25-14-16-8-11-19(30-2)20(13-16)31-18-6-4-5-7-18;/h8,11,13,15,17-18H,3-7,9-10,12,14H2,1-2H3,(H,27,28);1H. The van der Waals surface area contributed by atoms with Gasteiger partial charge < -0.3 is 19.0 Å². The maximum atomic E-state index is 6.24. The highest BCUT2D eigenvalue weighted by Crippen LogP contribution is 2.38. The van der Waals surface area contributed by atoms with E-state index < -0.39 is 0 Å². The first-order chi connectivity index (χ1) is 15.2. The molecule has 2 aliphatic rings. The van der Waals surface area contributed by atoms with Gasteiger partial charge in [-0.2, -0.15) is 0 Å². The van der Waals surface area contributed by atoms with Gasteiger partial charge >= 0.3 is 0 Å². The lowest BCUT2D eigenvalue weighted by atomic mass is 10.2. The molecular weight excluding hydrogens is 426 g/mol. The molecule has 0 unspecified atom stereocenters. The summed E-state index contributed by atoms with van der Waals surface area (Å²) in [6.07, 6.45) is 10.3. The molecule has 32 heavy (non-hydrogen) atoms. The highest BCUT2D eigenvalue weighted by atomic mass is 35.5. The Bertz CT molecular complexity index is 1130. The van der Waals surface area contributed by atoms with E-state index >= 15 is 0 Å². The zero-order chi connectivity index (χ0) is 21.2. The number of benzene rings is 1. The molecule has 3 aromatic rings. The van der Waals surface area contributed by atoms with Crippen LogP contribution in [0.4, 0.5) is 0 Å². The first kappa shape index (κ1) is 22.6. The molecule has 0 aliphatic heterocycles. The lowest BCUT2D eigenvalue weighted by molar-refractivity contribution is 0.200. The fourth-order valence-corrected chi connectivity index (χ4v) is 4.33. The van der Waals surface area contributed by atoms with Gasteiger partial charge in [0.05, 0.1) is 26.1 Å². The maximum absolute atomic E-state index is 6.24. The number of hydrogen-bond donors (Lipinski definition) is 1. The van der Waals surface area contributed by atoms with Gasteiger partial charge in [-0.05, 0) is 62.6 Å². The maximum Gasteiger partial charge on any atom is 0.177 e. The SMILES string of the molecule is CCCn1cnc(=NCc2ccc(OC)c(OC3CCCC3)c2)c2[nH]c(C3CC3)nc21.Cl. The van der Waals surface area contributed by atoms with E-state index in [4.69, 9.17) is 19.5 Å². The predicted octanol–water partition coefficient (Wildman–Crippen LogP) is 4.90. The smallest absolute Gasteiger partial charge is 0.177 e. The average Bonchev–Trinajstić information content (AvgIpc) is 3.32. The van der Waals surface area contributed by atoms with Gasteiger partial charge in [0.1, 0.15) is 11.3 Å². The molecule has 7 nitrogen and oxygen atoms in total. The van der Waals surface area contributed by atoms with E-state index in [-0.39, 0.29) is 18.5 Å². The summed E-state index contributed by atoms with van der Waals surface area (Å²) in [5.41, 5.74) is 3.69. The molecule has 8 heteroatoms. The van der Waals surface area contributed by atoms with Gasteiger partial charge in [-0.15, -0.1) is 12.4 Å². The molecule has 1 aromatic carbocycles. The number of nitrogens with zero attached hydrogens (tertiary/aromatic N) is 4. The fraction of sp³-hybridized carbons (Fsp3) is 0.542. The number of rotatable bonds is 8. The molecule has 2 fully saturated rings. The van der Waals surface area contributed by atoms with Crippen molar-refractivity contribution in [1.29, 1.82) is 0 Å². The minimum Gasteiger partial charge on any atom is -0.493 e. The van der Waals surface area contributed by atoms with Crippen LogP contribution >= 0.6 is 12.4 Å².